The van der Waals surface area contributed by atoms with Crippen molar-refractivity contribution >= 4 is 40.4 Å². The number of ketones is 1. The van der Waals surface area contributed by atoms with E-state index in [1.807, 2.05) is 13.0 Å². The molecule has 1 aliphatic carbocycles. The first kappa shape index (κ1) is 17.8. The molecule has 1 amide bonds. The van der Waals surface area contributed by atoms with E-state index in [0.717, 1.165) is 18.4 Å². The fourth-order valence-electron chi connectivity index (χ4n) is 2.78. The summed E-state index contributed by atoms with van der Waals surface area (Å²) < 4.78 is 2.16. The topological polar surface area (TPSA) is 90.0 Å². The molecule has 3 aromatic rings. The number of halogens is 1. The van der Waals surface area contributed by atoms with Gasteiger partial charge in [0.2, 0.25) is 5.78 Å². The quantitative estimate of drug-likeness (QED) is 0.640. The molecule has 2 aromatic heterocycles. The lowest BCUT2D eigenvalue weighted by molar-refractivity contribution is 0.0950. The fourth-order valence-corrected chi connectivity index (χ4v) is 3.77. The number of nitrogens with zero attached hydrogens (tertiary/aromatic N) is 2. The summed E-state index contributed by atoms with van der Waals surface area (Å²) >= 11 is 7.10. The maximum absolute atomic E-state index is 12.6. The van der Waals surface area contributed by atoms with Crippen LogP contribution >= 0.6 is 22.9 Å². The summed E-state index contributed by atoms with van der Waals surface area (Å²) in [5.41, 5.74) is 8.57. The second-order valence-corrected chi connectivity index (χ2v) is 8.25. The molecule has 0 unspecified atom stereocenters. The molecule has 1 aliphatic rings. The lowest BCUT2D eigenvalue weighted by atomic mass is 10.1. The highest BCUT2D eigenvalue weighted by molar-refractivity contribution is 7.18. The molecule has 6 nitrogen and oxygen atoms in total. The van der Waals surface area contributed by atoms with Crippen LogP contribution in [0.3, 0.4) is 0 Å². The Bertz CT molecular complexity index is 1050. The van der Waals surface area contributed by atoms with Gasteiger partial charge in [-0.25, -0.2) is 4.98 Å². The second-order valence-electron chi connectivity index (χ2n) is 6.53. The van der Waals surface area contributed by atoms with Crippen molar-refractivity contribution < 1.29 is 9.59 Å². The summed E-state index contributed by atoms with van der Waals surface area (Å²) in [5, 5.41) is 2.97. The molecule has 0 saturated heterocycles. The molecule has 4 rings (SSSR count). The molecular weight excluding hydrogens is 384 g/mol. The Morgan fingerprint density at radius 1 is 1.30 bits per heavy atom. The number of nitrogens with one attached hydrogen (secondary N) is 1. The lowest BCUT2D eigenvalue weighted by Gasteiger charge is -2.11. The van der Waals surface area contributed by atoms with Gasteiger partial charge in [-0.2, -0.15) is 0 Å². The van der Waals surface area contributed by atoms with Crippen molar-refractivity contribution in [3.63, 3.8) is 0 Å². The standard InChI is InChI=1S/C19H17ClN4O2S/c1-10-2-3-11(19(26)23-12-4-5-12)8-13(10)24-9-22-16(18(24)21)17(25)14-6-7-15(20)27-14/h2-3,6-9,12H,4-5,21H2,1H3,(H,23,26). The number of imidazole rings is 1. The molecule has 0 bridgehead atoms. The van der Waals surface area contributed by atoms with Gasteiger partial charge in [0.05, 0.1) is 14.9 Å². The van der Waals surface area contributed by atoms with Gasteiger partial charge in [0, 0.05) is 11.6 Å². The number of nitrogens with two attached hydrogens (primary N) is 1. The average molecular weight is 401 g/mol. The first-order valence-electron chi connectivity index (χ1n) is 8.49. The molecule has 0 radical (unpaired) electrons. The number of anilines is 1. The molecule has 0 atom stereocenters. The van der Waals surface area contributed by atoms with E-state index in [0.29, 0.717) is 20.5 Å². The minimum absolute atomic E-state index is 0.109. The van der Waals surface area contributed by atoms with Crippen molar-refractivity contribution in [2.24, 2.45) is 0 Å². The van der Waals surface area contributed by atoms with Crippen molar-refractivity contribution in [1.29, 1.82) is 0 Å². The van der Waals surface area contributed by atoms with Gasteiger partial charge in [-0.05, 0) is 49.6 Å². The van der Waals surface area contributed by atoms with Crippen LogP contribution in [0.2, 0.25) is 4.34 Å². The van der Waals surface area contributed by atoms with Gasteiger partial charge in [0.1, 0.15) is 12.1 Å². The van der Waals surface area contributed by atoms with E-state index < -0.39 is 0 Å². The maximum atomic E-state index is 12.6. The van der Waals surface area contributed by atoms with Crippen LogP contribution in [0.4, 0.5) is 5.82 Å². The monoisotopic (exact) mass is 400 g/mol. The number of rotatable bonds is 5. The molecular formula is C19H17ClN4O2S. The zero-order valence-corrected chi connectivity index (χ0v) is 16.1. The number of aromatic nitrogens is 2. The van der Waals surface area contributed by atoms with Crippen LogP contribution in [-0.4, -0.2) is 27.3 Å². The molecule has 0 aliphatic heterocycles. The highest BCUT2D eigenvalue weighted by Gasteiger charge is 2.25. The van der Waals surface area contributed by atoms with Crippen LogP contribution < -0.4 is 11.1 Å². The Hall–Kier alpha value is -2.64. The minimum atomic E-state index is -0.275. The molecule has 1 aromatic carbocycles. The van der Waals surface area contributed by atoms with Crippen LogP contribution in [0, 0.1) is 6.92 Å². The summed E-state index contributed by atoms with van der Waals surface area (Å²) in [7, 11) is 0. The molecule has 1 saturated carbocycles. The third-order valence-corrected chi connectivity index (χ3v) is 5.69. The number of hydrogen-bond acceptors (Lipinski definition) is 5. The molecule has 8 heteroatoms. The maximum Gasteiger partial charge on any atom is 0.251 e. The third kappa shape index (κ3) is 3.48. The second kappa shape index (κ2) is 6.83. The summed E-state index contributed by atoms with van der Waals surface area (Å²) in [6.45, 7) is 1.91. The van der Waals surface area contributed by atoms with Gasteiger partial charge in [-0.1, -0.05) is 17.7 Å². The number of thiophene rings is 1. The van der Waals surface area contributed by atoms with Gasteiger partial charge < -0.3 is 11.1 Å². The van der Waals surface area contributed by atoms with E-state index in [9.17, 15) is 9.59 Å². The molecule has 0 spiro atoms. The van der Waals surface area contributed by atoms with Crippen LogP contribution in [0.5, 0.6) is 0 Å². The first-order chi connectivity index (χ1) is 12.9. The Labute approximate surface area is 165 Å². The lowest BCUT2D eigenvalue weighted by Crippen LogP contribution is -2.25. The Balaban J connectivity index is 1.68. The fraction of sp³-hybridized carbons (Fsp3) is 0.211. The van der Waals surface area contributed by atoms with Crippen LogP contribution in [-0.2, 0) is 0 Å². The van der Waals surface area contributed by atoms with Gasteiger partial charge in [-0.15, -0.1) is 11.3 Å². The number of hydrogen-bond donors (Lipinski definition) is 2. The molecule has 27 heavy (non-hydrogen) atoms. The first-order valence-corrected chi connectivity index (χ1v) is 9.68. The zero-order chi connectivity index (χ0) is 19.1. The van der Waals surface area contributed by atoms with Crippen LogP contribution in [0.1, 0.15) is 44.1 Å². The number of benzene rings is 1. The largest absolute Gasteiger partial charge is 0.383 e. The minimum Gasteiger partial charge on any atom is -0.383 e. The highest BCUT2D eigenvalue weighted by atomic mass is 35.5. The van der Waals surface area contributed by atoms with Crippen LogP contribution in [0.15, 0.2) is 36.7 Å². The Kier molecular flexibility index (Phi) is 4.49. The van der Waals surface area contributed by atoms with E-state index >= 15 is 0 Å². The zero-order valence-electron chi connectivity index (χ0n) is 14.5. The number of carbonyl (C=O) groups is 2. The smallest absolute Gasteiger partial charge is 0.251 e. The predicted molar refractivity (Wildman–Crippen MR) is 106 cm³/mol. The van der Waals surface area contributed by atoms with Crippen molar-refractivity contribution in [3.8, 4) is 5.69 Å². The molecule has 3 N–H and O–H groups in total. The normalized spacial score (nSPS) is 13.6. The SMILES string of the molecule is Cc1ccc(C(=O)NC2CC2)cc1-n1cnc(C(=O)c2ccc(Cl)s2)c1N. The molecule has 138 valence electrons. The summed E-state index contributed by atoms with van der Waals surface area (Å²) in [6.07, 6.45) is 3.55. The Morgan fingerprint density at radius 2 is 2.07 bits per heavy atom. The third-order valence-electron chi connectivity index (χ3n) is 4.46. The van der Waals surface area contributed by atoms with Crippen molar-refractivity contribution in [1.82, 2.24) is 14.9 Å². The van der Waals surface area contributed by atoms with Crippen LogP contribution in [0.25, 0.3) is 5.69 Å². The van der Waals surface area contributed by atoms with Crippen molar-refractivity contribution in [2.75, 3.05) is 5.73 Å². The Morgan fingerprint density at radius 3 is 2.74 bits per heavy atom. The van der Waals surface area contributed by atoms with E-state index in [1.165, 1.54) is 17.7 Å². The van der Waals surface area contributed by atoms with E-state index in [1.54, 1.807) is 28.8 Å². The van der Waals surface area contributed by atoms with Crippen molar-refractivity contribution in [2.45, 2.75) is 25.8 Å². The number of nitrogen functional groups attached to an aromatic ring is 1. The van der Waals surface area contributed by atoms with E-state index in [4.69, 9.17) is 17.3 Å². The molecule has 2 heterocycles. The molecule has 1 fully saturated rings. The van der Waals surface area contributed by atoms with Crippen molar-refractivity contribution in [3.05, 3.63) is 62.7 Å². The highest BCUT2D eigenvalue weighted by Crippen LogP contribution is 2.27. The van der Waals surface area contributed by atoms with Gasteiger partial charge >= 0.3 is 0 Å². The summed E-state index contributed by atoms with van der Waals surface area (Å²) in [4.78, 5) is 29.7. The van der Waals surface area contributed by atoms with Gasteiger partial charge in [0.25, 0.3) is 5.91 Å². The van der Waals surface area contributed by atoms with E-state index in [-0.39, 0.29) is 29.2 Å². The van der Waals surface area contributed by atoms with Gasteiger partial charge in [0.15, 0.2) is 5.69 Å². The average Bonchev–Trinajstić information content (AvgIpc) is 3.22. The number of carbonyl (C=O) groups excluding carboxylic acids is 2. The predicted octanol–water partition coefficient (Wildman–Crippen LogP) is 3.60. The summed E-state index contributed by atoms with van der Waals surface area (Å²) in [6, 6.07) is 9.00. The number of aryl methyl sites for hydroxylation is 1. The van der Waals surface area contributed by atoms with Gasteiger partial charge in [-0.3, -0.25) is 14.2 Å². The van der Waals surface area contributed by atoms with E-state index in [2.05, 4.69) is 10.3 Å². The number of amides is 1. The summed E-state index contributed by atoms with van der Waals surface area (Å²) in [5.74, 6) is -0.155.